The number of hydrogen-bond donors (Lipinski definition) is 1. The number of nitrogens with zero attached hydrogens (tertiary/aromatic N) is 2. The van der Waals surface area contributed by atoms with Crippen LogP contribution in [0.25, 0.3) is 0 Å². The Labute approximate surface area is 93.0 Å². The minimum Gasteiger partial charge on any atom is -0.444 e. The lowest BCUT2D eigenvalue weighted by Gasteiger charge is -2.00. The second kappa shape index (κ2) is 4.02. The van der Waals surface area contributed by atoms with Gasteiger partial charge in [-0.25, -0.2) is 4.98 Å². The molecule has 0 aromatic carbocycles. The normalized spacial score (nSPS) is 10.8. The van der Waals surface area contributed by atoms with Crippen molar-refractivity contribution in [3.63, 3.8) is 0 Å². The van der Waals surface area contributed by atoms with Crippen molar-refractivity contribution < 1.29 is 4.42 Å². The van der Waals surface area contributed by atoms with Gasteiger partial charge < -0.3 is 14.0 Å². The molecule has 2 aromatic rings. The average molecular weight is 223 g/mol. The molecule has 15 heavy (non-hydrogen) atoms. The van der Waals surface area contributed by atoms with E-state index in [1.807, 2.05) is 24.6 Å². The van der Waals surface area contributed by atoms with Crippen LogP contribution < -0.4 is 0 Å². The fourth-order valence-electron chi connectivity index (χ4n) is 1.40. The van der Waals surface area contributed by atoms with Gasteiger partial charge in [0, 0.05) is 18.3 Å². The fraction of sp³-hybridized carbons (Fsp3) is 0.400. The first-order valence-corrected chi connectivity index (χ1v) is 5.30. The number of aromatic nitrogens is 3. The molecule has 0 spiro atoms. The Bertz CT molecular complexity index is 509. The van der Waals surface area contributed by atoms with Crippen molar-refractivity contribution in [3.8, 4) is 0 Å². The Morgan fingerprint density at radius 2 is 2.40 bits per heavy atom. The number of rotatable bonds is 3. The average Bonchev–Trinajstić information content (AvgIpc) is 2.80. The summed E-state index contributed by atoms with van der Waals surface area (Å²) in [5.74, 6) is 1.61. The molecule has 0 aliphatic heterocycles. The maximum absolute atomic E-state index is 5.52. The van der Waals surface area contributed by atoms with E-state index in [0.29, 0.717) is 17.2 Å². The van der Waals surface area contributed by atoms with E-state index < -0.39 is 0 Å². The number of nitrogens with one attached hydrogen (secondary N) is 1. The molecule has 0 unspecified atom stereocenters. The zero-order valence-corrected chi connectivity index (χ0v) is 9.60. The van der Waals surface area contributed by atoms with Gasteiger partial charge in [-0.2, -0.15) is 0 Å². The summed E-state index contributed by atoms with van der Waals surface area (Å²) in [6.45, 7) is 4.63. The van der Waals surface area contributed by atoms with E-state index in [1.165, 1.54) is 0 Å². The molecule has 0 bridgehead atoms. The standard InChI is InChI=1S/C10H13N3OS/c1-3-8-5-11-9(14-8)6-13-7(2)4-12-10(13)15/h4-5H,3,6H2,1-2H3,(H,12,15). The van der Waals surface area contributed by atoms with Crippen LogP contribution in [0, 0.1) is 11.7 Å². The van der Waals surface area contributed by atoms with Crippen LogP contribution in [0.4, 0.5) is 0 Å². The van der Waals surface area contributed by atoms with E-state index in [4.69, 9.17) is 16.6 Å². The van der Waals surface area contributed by atoms with Crippen LogP contribution in [0.15, 0.2) is 16.8 Å². The Morgan fingerprint density at radius 3 is 2.93 bits per heavy atom. The van der Waals surface area contributed by atoms with E-state index in [9.17, 15) is 0 Å². The zero-order chi connectivity index (χ0) is 10.8. The van der Waals surface area contributed by atoms with Crippen molar-refractivity contribution in [1.29, 1.82) is 0 Å². The van der Waals surface area contributed by atoms with Crippen molar-refractivity contribution >= 4 is 12.2 Å². The smallest absolute Gasteiger partial charge is 0.214 e. The summed E-state index contributed by atoms with van der Waals surface area (Å²) in [4.78, 5) is 7.18. The van der Waals surface area contributed by atoms with E-state index in [1.54, 1.807) is 6.20 Å². The Hall–Kier alpha value is -1.36. The first kappa shape index (κ1) is 10.2. The molecule has 2 rings (SSSR count). The lowest BCUT2D eigenvalue weighted by atomic mass is 10.4. The maximum Gasteiger partial charge on any atom is 0.214 e. The van der Waals surface area contributed by atoms with Crippen LogP contribution in [0.5, 0.6) is 0 Å². The molecule has 0 aliphatic rings. The van der Waals surface area contributed by atoms with Crippen molar-refractivity contribution in [3.05, 3.63) is 34.5 Å². The molecule has 0 amide bonds. The predicted octanol–water partition coefficient (Wildman–Crippen LogP) is 2.45. The molecule has 2 heterocycles. The summed E-state index contributed by atoms with van der Waals surface area (Å²) in [6, 6.07) is 0. The van der Waals surface area contributed by atoms with Gasteiger partial charge in [0.15, 0.2) is 4.77 Å². The van der Waals surface area contributed by atoms with Gasteiger partial charge in [-0.1, -0.05) is 6.92 Å². The van der Waals surface area contributed by atoms with Crippen LogP contribution >= 0.6 is 12.2 Å². The molecular weight excluding hydrogens is 210 g/mol. The van der Waals surface area contributed by atoms with Gasteiger partial charge in [0.1, 0.15) is 12.3 Å². The molecule has 5 heteroatoms. The molecule has 0 saturated heterocycles. The van der Waals surface area contributed by atoms with E-state index in [0.717, 1.165) is 17.9 Å². The van der Waals surface area contributed by atoms with Crippen LogP contribution in [-0.4, -0.2) is 14.5 Å². The summed E-state index contributed by atoms with van der Waals surface area (Å²) in [7, 11) is 0. The minimum absolute atomic E-state index is 0.591. The molecule has 4 nitrogen and oxygen atoms in total. The Balaban J connectivity index is 2.25. The van der Waals surface area contributed by atoms with Gasteiger partial charge in [0.05, 0.1) is 6.20 Å². The van der Waals surface area contributed by atoms with Gasteiger partial charge in [0.25, 0.3) is 0 Å². The molecule has 2 aromatic heterocycles. The van der Waals surface area contributed by atoms with E-state index >= 15 is 0 Å². The number of hydrogen-bond acceptors (Lipinski definition) is 3. The molecule has 0 saturated carbocycles. The maximum atomic E-state index is 5.52. The molecule has 0 radical (unpaired) electrons. The zero-order valence-electron chi connectivity index (χ0n) is 8.78. The molecule has 0 atom stereocenters. The number of imidazole rings is 1. The van der Waals surface area contributed by atoms with Crippen molar-refractivity contribution in [1.82, 2.24) is 14.5 Å². The second-order valence-electron chi connectivity index (χ2n) is 3.40. The van der Waals surface area contributed by atoms with Crippen LogP contribution in [0.1, 0.15) is 24.3 Å². The van der Waals surface area contributed by atoms with Crippen LogP contribution in [-0.2, 0) is 13.0 Å². The number of aromatic amines is 1. The third-order valence-corrected chi connectivity index (χ3v) is 2.66. The third-order valence-electron chi connectivity index (χ3n) is 2.32. The quantitative estimate of drug-likeness (QED) is 0.813. The Kier molecular flexibility index (Phi) is 2.73. The summed E-state index contributed by atoms with van der Waals surface area (Å²) >= 11 is 5.15. The molecule has 80 valence electrons. The van der Waals surface area contributed by atoms with Gasteiger partial charge >= 0.3 is 0 Å². The summed E-state index contributed by atoms with van der Waals surface area (Å²) in [6.07, 6.45) is 4.51. The largest absolute Gasteiger partial charge is 0.444 e. The van der Waals surface area contributed by atoms with E-state index in [-0.39, 0.29) is 0 Å². The molecule has 0 fully saturated rings. The van der Waals surface area contributed by atoms with Crippen molar-refractivity contribution in [2.45, 2.75) is 26.8 Å². The highest BCUT2D eigenvalue weighted by Crippen LogP contribution is 2.08. The van der Waals surface area contributed by atoms with Gasteiger partial charge in [-0.05, 0) is 19.1 Å². The Morgan fingerprint density at radius 1 is 1.60 bits per heavy atom. The van der Waals surface area contributed by atoms with Gasteiger partial charge in [-0.3, -0.25) is 0 Å². The summed E-state index contributed by atoms with van der Waals surface area (Å²) < 4.78 is 8.18. The fourth-order valence-corrected chi connectivity index (χ4v) is 1.67. The highest BCUT2D eigenvalue weighted by molar-refractivity contribution is 7.71. The molecule has 1 N–H and O–H groups in total. The third kappa shape index (κ3) is 2.02. The van der Waals surface area contributed by atoms with Crippen molar-refractivity contribution in [2.75, 3.05) is 0 Å². The highest BCUT2D eigenvalue weighted by Gasteiger charge is 2.05. The predicted molar refractivity (Wildman–Crippen MR) is 59.3 cm³/mol. The number of H-pyrrole nitrogens is 1. The first-order valence-electron chi connectivity index (χ1n) is 4.89. The first-order chi connectivity index (χ1) is 7.20. The monoisotopic (exact) mass is 223 g/mol. The number of oxazole rings is 1. The highest BCUT2D eigenvalue weighted by atomic mass is 32.1. The minimum atomic E-state index is 0.591. The summed E-state index contributed by atoms with van der Waals surface area (Å²) in [5, 5.41) is 0. The topological polar surface area (TPSA) is 46.8 Å². The second-order valence-corrected chi connectivity index (χ2v) is 3.78. The van der Waals surface area contributed by atoms with E-state index in [2.05, 4.69) is 9.97 Å². The molecule has 0 aliphatic carbocycles. The summed E-state index contributed by atoms with van der Waals surface area (Å²) in [5.41, 5.74) is 1.08. The van der Waals surface area contributed by atoms with Gasteiger partial charge in [-0.15, -0.1) is 0 Å². The molecular formula is C10H13N3OS. The SMILES string of the molecule is CCc1cnc(Cn2c(C)c[nH]c2=S)o1. The van der Waals surface area contributed by atoms with Gasteiger partial charge in [0.2, 0.25) is 5.89 Å². The lowest BCUT2D eigenvalue weighted by molar-refractivity contribution is 0.443. The number of aryl methyl sites for hydroxylation is 2. The van der Waals surface area contributed by atoms with Crippen LogP contribution in [0.3, 0.4) is 0 Å². The van der Waals surface area contributed by atoms with Crippen LogP contribution in [0.2, 0.25) is 0 Å². The lowest BCUT2D eigenvalue weighted by Crippen LogP contribution is -2.01. The van der Waals surface area contributed by atoms with Crippen molar-refractivity contribution in [2.24, 2.45) is 0 Å².